The van der Waals surface area contributed by atoms with Gasteiger partial charge in [0.05, 0.1) is 11.4 Å². The summed E-state index contributed by atoms with van der Waals surface area (Å²) in [4.78, 5) is 0. The molecule has 0 saturated carbocycles. The first-order chi connectivity index (χ1) is 18.8. The summed E-state index contributed by atoms with van der Waals surface area (Å²) in [5.74, 6) is 0.316. The Balaban J connectivity index is 0.000000762. The Bertz CT molecular complexity index is 1020. The van der Waals surface area contributed by atoms with Gasteiger partial charge in [-0.1, -0.05) is 115 Å². The molecule has 0 aliphatic rings. The van der Waals surface area contributed by atoms with E-state index in [4.69, 9.17) is 10.4 Å². The predicted molar refractivity (Wildman–Crippen MR) is 168 cm³/mol. The van der Waals surface area contributed by atoms with E-state index in [2.05, 4.69) is 51.9 Å². The molecule has 0 aliphatic carbocycles. The fourth-order valence-corrected chi connectivity index (χ4v) is 4.88. The maximum atomic E-state index is 9.86. The average Bonchev–Trinajstić information content (AvgIpc) is 2.93. The van der Waals surface area contributed by atoms with Crippen molar-refractivity contribution in [1.29, 1.82) is 0 Å². The van der Waals surface area contributed by atoms with Gasteiger partial charge in [0.15, 0.2) is 0 Å². The second-order valence-electron chi connectivity index (χ2n) is 12.2. The Hall–Kier alpha value is -2.51. The van der Waals surface area contributed by atoms with Crippen molar-refractivity contribution in [3.63, 3.8) is 0 Å². The van der Waals surface area contributed by atoms with Crippen molar-refractivity contribution in [3.05, 3.63) is 58.7 Å². The largest absolute Gasteiger partial charge is 0.507 e. The second kappa shape index (κ2) is 18.8. The summed E-state index contributed by atoms with van der Waals surface area (Å²) in [6.07, 6.45) is 12.3. The molecule has 0 spiro atoms. The van der Waals surface area contributed by atoms with E-state index in [0.29, 0.717) is 22.6 Å². The quantitative estimate of drug-likeness (QED) is 0.0737. The van der Waals surface area contributed by atoms with Crippen molar-refractivity contribution in [2.45, 2.75) is 130 Å². The molecule has 0 fully saturated rings. The van der Waals surface area contributed by atoms with Crippen LogP contribution < -0.4 is 0 Å². The SMILES string of the molecule is CCCCCCC(C)(C)c1ccc(O)c(/C(C)=N/O)c1.CCCCCCC(C)(C)c1ccc(O)c(/C(C)=N/O)c1.[Co]. The van der Waals surface area contributed by atoms with Crippen LogP contribution in [0.4, 0.5) is 0 Å². The molecule has 0 unspecified atom stereocenters. The van der Waals surface area contributed by atoms with E-state index in [1.165, 1.54) is 62.5 Å². The van der Waals surface area contributed by atoms with E-state index in [1.807, 2.05) is 24.3 Å². The molecule has 0 bridgehead atoms. The molecule has 0 atom stereocenters. The van der Waals surface area contributed by atoms with Crippen molar-refractivity contribution in [2.24, 2.45) is 10.3 Å². The number of rotatable bonds is 14. The van der Waals surface area contributed by atoms with Crippen LogP contribution in [0.2, 0.25) is 0 Å². The third-order valence-electron chi connectivity index (χ3n) is 7.95. The third kappa shape index (κ3) is 12.5. The van der Waals surface area contributed by atoms with Gasteiger partial charge in [0, 0.05) is 27.9 Å². The first kappa shape index (κ1) is 38.5. The Morgan fingerprint density at radius 2 is 0.951 bits per heavy atom. The van der Waals surface area contributed by atoms with Crippen LogP contribution in [0, 0.1) is 0 Å². The van der Waals surface area contributed by atoms with E-state index in [0.717, 1.165) is 12.8 Å². The van der Waals surface area contributed by atoms with Gasteiger partial charge in [0.1, 0.15) is 11.5 Å². The maximum absolute atomic E-state index is 9.86. The summed E-state index contributed by atoms with van der Waals surface area (Å²) in [5.41, 5.74) is 4.54. The van der Waals surface area contributed by atoms with Crippen molar-refractivity contribution in [1.82, 2.24) is 0 Å². The fourth-order valence-electron chi connectivity index (χ4n) is 4.88. The van der Waals surface area contributed by atoms with Gasteiger partial charge < -0.3 is 20.6 Å². The van der Waals surface area contributed by atoms with Crippen LogP contribution in [0.15, 0.2) is 46.7 Å². The molecule has 0 heterocycles. The van der Waals surface area contributed by atoms with E-state index in [9.17, 15) is 10.2 Å². The fraction of sp³-hybridized carbons (Fsp3) is 0.588. The molecule has 0 amide bonds. The van der Waals surface area contributed by atoms with Crippen LogP contribution in [0.25, 0.3) is 0 Å². The monoisotopic (exact) mass is 613 g/mol. The summed E-state index contributed by atoms with van der Waals surface area (Å²) in [5, 5.41) is 43.9. The van der Waals surface area contributed by atoms with Gasteiger partial charge in [-0.3, -0.25) is 0 Å². The summed E-state index contributed by atoms with van der Waals surface area (Å²) >= 11 is 0. The smallest absolute Gasteiger partial charge is 0.124 e. The average molecular weight is 614 g/mol. The van der Waals surface area contributed by atoms with Crippen molar-refractivity contribution in [2.75, 3.05) is 0 Å². The zero-order chi connectivity index (χ0) is 30.3. The summed E-state index contributed by atoms with van der Waals surface area (Å²) < 4.78 is 0. The van der Waals surface area contributed by atoms with E-state index < -0.39 is 0 Å². The first-order valence-corrected chi connectivity index (χ1v) is 14.9. The zero-order valence-electron chi connectivity index (χ0n) is 26.6. The molecule has 4 N–H and O–H groups in total. The van der Waals surface area contributed by atoms with Crippen LogP contribution >= 0.6 is 0 Å². The Morgan fingerprint density at radius 1 is 0.610 bits per heavy atom. The summed E-state index contributed by atoms with van der Waals surface area (Å²) in [6, 6.07) is 11.2. The van der Waals surface area contributed by atoms with Gasteiger partial charge >= 0.3 is 0 Å². The maximum Gasteiger partial charge on any atom is 0.124 e. The van der Waals surface area contributed by atoms with Crippen molar-refractivity contribution >= 4 is 11.4 Å². The predicted octanol–water partition coefficient (Wildman–Crippen LogP) is 9.67. The number of hydrogen-bond acceptors (Lipinski definition) is 6. The Morgan fingerprint density at radius 3 is 1.24 bits per heavy atom. The number of hydrogen-bond donors (Lipinski definition) is 4. The number of oxime groups is 2. The molecule has 41 heavy (non-hydrogen) atoms. The number of unbranched alkanes of at least 4 members (excludes halogenated alkanes) is 6. The van der Waals surface area contributed by atoms with E-state index in [-0.39, 0.29) is 39.1 Å². The molecule has 0 aliphatic heterocycles. The van der Waals surface area contributed by atoms with Crippen LogP contribution in [0.5, 0.6) is 11.5 Å². The van der Waals surface area contributed by atoms with Crippen LogP contribution in [0.3, 0.4) is 0 Å². The summed E-state index contributed by atoms with van der Waals surface area (Å²) in [6.45, 7) is 16.7. The molecule has 0 saturated heterocycles. The first-order valence-electron chi connectivity index (χ1n) is 14.9. The van der Waals surface area contributed by atoms with E-state index in [1.54, 1.807) is 26.0 Å². The molecular weight excluding hydrogens is 559 g/mol. The van der Waals surface area contributed by atoms with E-state index >= 15 is 0 Å². The van der Waals surface area contributed by atoms with Gasteiger partial charge in [-0.2, -0.15) is 0 Å². The van der Waals surface area contributed by atoms with Crippen LogP contribution in [-0.4, -0.2) is 32.1 Å². The molecule has 6 nitrogen and oxygen atoms in total. The minimum Gasteiger partial charge on any atom is -0.507 e. The van der Waals surface area contributed by atoms with Gasteiger partial charge in [-0.05, 0) is 72.9 Å². The number of benzene rings is 2. The Labute approximate surface area is 259 Å². The number of aromatic hydroxyl groups is 2. The molecule has 233 valence electrons. The molecule has 0 aromatic heterocycles. The second-order valence-corrected chi connectivity index (χ2v) is 12.2. The minimum absolute atomic E-state index is 0. The van der Waals surface area contributed by atoms with Gasteiger partial charge in [-0.25, -0.2) is 0 Å². The van der Waals surface area contributed by atoms with Crippen molar-refractivity contribution in [3.8, 4) is 11.5 Å². The molecule has 1 radical (unpaired) electrons. The molecule has 2 rings (SSSR count). The molecular formula is C34H54CoN2O4. The summed E-state index contributed by atoms with van der Waals surface area (Å²) in [7, 11) is 0. The zero-order valence-corrected chi connectivity index (χ0v) is 27.6. The van der Waals surface area contributed by atoms with Crippen LogP contribution in [-0.2, 0) is 27.6 Å². The van der Waals surface area contributed by atoms with Gasteiger partial charge in [0.25, 0.3) is 0 Å². The Kier molecular flexibility index (Phi) is 17.7. The number of phenolic OH excluding ortho intramolecular Hbond substituents is 2. The normalized spacial score (nSPS) is 12.4. The van der Waals surface area contributed by atoms with Gasteiger partial charge in [0.2, 0.25) is 0 Å². The molecule has 2 aromatic carbocycles. The van der Waals surface area contributed by atoms with Gasteiger partial charge in [-0.15, -0.1) is 0 Å². The molecule has 2 aromatic rings. The number of nitrogens with zero attached hydrogens (tertiary/aromatic N) is 2. The number of phenols is 2. The topological polar surface area (TPSA) is 106 Å². The minimum atomic E-state index is 0. The molecule has 7 heteroatoms. The third-order valence-corrected chi connectivity index (χ3v) is 7.95. The van der Waals surface area contributed by atoms with Crippen molar-refractivity contribution < 1.29 is 37.4 Å². The standard InChI is InChI=1S/2C17H27NO2.Co/c2*1-5-6-7-8-11-17(3,4)14-9-10-16(19)15(12-14)13(2)18-20;/h2*9-10,12,19-20H,5-8,11H2,1-4H3;/b2*18-13+;. The van der Waals surface area contributed by atoms with Crippen LogP contribution in [0.1, 0.15) is 142 Å².